The zero-order chi connectivity index (χ0) is 11.0. The lowest BCUT2D eigenvalue weighted by atomic mass is 10.1. The minimum absolute atomic E-state index is 0.557. The normalized spacial score (nSPS) is 23.8. The highest BCUT2D eigenvalue weighted by atomic mass is 32.1. The first-order chi connectivity index (χ1) is 7.83. The lowest BCUT2D eigenvalue weighted by Gasteiger charge is -2.20. The number of nitrogens with zero attached hydrogens (tertiary/aromatic N) is 1. The quantitative estimate of drug-likeness (QED) is 0.866. The van der Waals surface area contributed by atoms with Gasteiger partial charge in [-0.1, -0.05) is 12.8 Å². The van der Waals surface area contributed by atoms with Crippen LogP contribution in [0, 0.1) is 12.8 Å². The molecule has 0 spiro atoms. The lowest BCUT2D eigenvalue weighted by molar-refractivity contribution is 0.405. The van der Waals surface area contributed by atoms with E-state index in [0.717, 1.165) is 12.0 Å². The first-order valence-corrected chi connectivity index (χ1v) is 7.39. The molecule has 0 radical (unpaired) electrons. The largest absolute Gasteiger partial charge is 0.305 e. The number of rotatable bonds is 4. The summed E-state index contributed by atoms with van der Waals surface area (Å²) < 4.78 is 0. The van der Waals surface area contributed by atoms with Gasteiger partial charge in [0.25, 0.3) is 0 Å². The SMILES string of the molecule is Cc1csc(C(NC2CCCC2)C2CC2)n1. The van der Waals surface area contributed by atoms with Gasteiger partial charge in [-0.2, -0.15) is 0 Å². The second kappa shape index (κ2) is 4.46. The van der Waals surface area contributed by atoms with E-state index in [4.69, 9.17) is 0 Å². The molecule has 2 saturated carbocycles. The van der Waals surface area contributed by atoms with E-state index in [9.17, 15) is 0 Å². The first-order valence-electron chi connectivity index (χ1n) is 6.51. The highest BCUT2D eigenvalue weighted by molar-refractivity contribution is 7.09. The molecule has 1 atom stereocenters. The molecule has 2 nitrogen and oxygen atoms in total. The van der Waals surface area contributed by atoms with Crippen molar-refractivity contribution in [1.82, 2.24) is 10.3 Å². The molecule has 88 valence electrons. The molecule has 0 aliphatic heterocycles. The highest BCUT2D eigenvalue weighted by Gasteiger charge is 2.35. The molecule has 1 aromatic rings. The summed E-state index contributed by atoms with van der Waals surface area (Å²) in [6, 6.07) is 1.32. The fourth-order valence-corrected chi connectivity index (χ4v) is 3.65. The standard InChI is InChI=1S/C13H20N2S/c1-9-8-16-13(14-9)12(10-6-7-10)15-11-4-2-3-5-11/h8,10-12,15H,2-7H2,1H3. The van der Waals surface area contributed by atoms with Crippen LogP contribution in [0.3, 0.4) is 0 Å². The van der Waals surface area contributed by atoms with Crippen molar-refractivity contribution in [2.24, 2.45) is 5.92 Å². The van der Waals surface area contributed by atoms with Gasteiger partial charge in [-0.25, -0.2) is 4.98 Å². The molecule has 3 rings (SSSR count). The van der Waals surface area contributed by atoms with Gasteiger partial charge in [0.15, 0.2) is 0 Å². The zero-order valence-corrected chi connectivity index (χ0v) is 10.7. The maximum absolute atomic E-state index is 4.67. The Kier molecular flexibility index (Phi) is 2.99. The van der Waals surface area contributed by atoms with E-state index in [0.29, 0.717) is 6.04 Å². The molecule has 0 bridgehead atoms. The van der Waals surface area contributed by atoms with Gasteiger partial charge in [0.2, 0.25) is 0 Å². The molecule has 2 fully saturated rings. The van der Waals surface area contributed by atoms with E-state index >= 15 is 0 Å². The van der Waals surface area contributed by atoms with E-state index < -0.39 is 0 Å². The van der Waals surface area contributed by atoms with Gasteiger partial charge in [-0.15, -0.1) is 11.3 Å². The predicted octanol–water partition coefficient (Wildman–Crippen LogP) is 3.43. The van der Waals surface area contributed by atoms with Gasteiger partial charge < -0.3 is 5.32 Å². The number of hydrogen-bond donors (Lipinski definition) is 1. The first kappa shape index (κ1) is 10.7. The highest BCUT2D eigenvalue weighted by Crippen LogP contribution is 2.42. The van der Waals surface area contributed by atoms with E-state index in [1.54, 1.807) is 0 Å². The van der Waals surface area contributed by atoms with Crippen molar-refractivity contribution in [3.63, 3.8) is 0 Å². The van der Waals surface area contributed by atoms with Crippen molar-refractivity contribution in [3.8, 4) is 0 Å². The Balaban J connectivity index is 1.70. The molecule has 0 saturated heterocycles. The summed E-state index contributed by atoms with van der Waals surface area (Å²) in [5.74, 6) is 0.867. The van der Waals surface area contributed by atoms with Crippen LogP contribution < -0.4 is 5.32 Å². The third-order valence-corrected chi connectivity index (χ3v) is 4.81. The minimum atomic E-state index is 0.557. The van der Waals surface area contributed by atoms with Crippen LogP contribution in [0.1, 0.15) is 55.3 Å². The minimum Gasteiger partial charge on any atom is -0.305 e. The maximum Gasteiger partial charge on any atom is 0.110 e. The second-order valence-corrected chi connectivity index (χ2v) is 6.18. The number of hydrogen-bond acceptors (Lipinski definition) is 3. The number of nitrogens with one attached hydrogen (secondary N) is 1. The van der Waals surface area contributed by atoms with Crippen molar-refractivity contribution in [1.29, 1.82) is 0 Å². The molecule has 3 heteroatoms. The summed E-state index contributed by atoms with van der Waals surface area (Å²) in [7, 11) is 0. The predicted molar refractivity (Wildman–Crippen MR) is 67.7 cm³/mol. The van der Waals surface area contributed by atoms with E-state index in [-0.39, 0.29) is 0 Å². The van der Waals surface area contributed by atoms with Gasteiger partial charge in [0.05, 0.1) is 6.04 Å². The maximum atomic E-state index is 4.67. The summed E-state index contributed by atoms with van der Waals surface area (Å²) in [4.78, 5) is 4.67. The third kappa shape index (κ3) is 2.30. The van der Waals surface area contributed by atoms with E-state index in [1.807, 2.05) is 11.3 Å². The van der Waals surface area contributed by atoms with E-state index in [1.165, 1.54) is 49.2 Å². The Labute approximate surface area is 101 Å². The number of aromatic nitrogens is 1. The zero-order valence-electron chi connectivity index (χ0n) is 9.91. The smallest absolute Gasteiger partial charge is 0.110 e. The van der Waals surface area contributed by atoms with Crippen LogP contribution >= 0.6 is 11.3 Å². The Morgan fingerprint density at radius 3 is 2.62 bits per heavy atom. The molecular formula is C13H20N2S. The summed E-state index contributed by atoms with van der Waals surface area (Å²) in [5, 5.41) is 7.36. The Morgan fingerprint density at radius 1 is 1.31 bits per heavy atom. The molecule has 1 N–H and O–H groups in total. The third-order valence-electron chi connectivity index (χ3n) is 3.77. The van der Waals surface area contributed by atoms with Crippen molar-refractivity contribution >= 4 is 11.3 Å². The summed E-state index contributed by atoms with van der Waals surface area (Å²) >= 11 is 1.84. The monoisotopic (exact) mass is 236 g/mol. The lowest BCUT2D eigenvalue weighted by Crippen LogP contribution is -2.31. The Morgan fingerprint density at radius 2 is 2.06 bits per heavy atom. The molecule has 1 heterocycles. The molecule has 0 amide bonds. The van der Waals surface area contributed by atoms with Gasteiger partial charge >= 0.3 is 0 Å². The van der Waals surface area contributed by atoms with Crippen LogP contribution in [-0.4, -0.2) is 11.0 Å². The van der Waals surface area contributed by atoms with Gasteiger partial charge in [0, 0.05) is 17.1 Å². The van der Waals surface area contributed by atoms with Crippen molar-refractivity contribution < 1.29 is 0 Å². The Bertz CT molecular complexity index is 351. The fraction of sp³-hybridized carbons (Fsp3) is 0.769. The number of aryl methyl sites for hydroxylation is 1. The second-order valence-electron chi connectivity index (χ2n) is 5.29. The van der Waals surface area contributed by atoms with E-state index in [2.05, 4.69) is 22.6 Å². The van der Waals surface area contributed by atoms with Crippen molar-refractivity contribution in [2.75, 3.05) is 0 Å². The van der Waals surface area contributed by atoms with Crippen LogP contribution in [0.5, 0.6) is 0 Å². The summed E-state index contributed by atoms with van der Waals surface area (Å²) in [6.45, 7) is 2.10. The van der Waals surface area contributed by atoms with Crippen molar-refractivity contribution in [2.45, 2.75) is 57.5 Å². The topological polar surface area (TPSA) is 24.9 Å². The molecule has 2 aliphatic carbocycles. The summed E-state index contributed by atoms with van der Waals surface area (Å²) in [5.41, 5.74) is 1.18. The molecule has 2 aliphatic rings. The van der Waals surface area contributed by atoms with Crippen LogP contribution in [0.25, 0.3) is 0 Å². The Hall–Kier alpha value is -0.410. The van der Waals surface area contributed by atoms with Crippen molar-refractivity contribution in [3.05, 3.63) is 16.1 Å². The number of thiazole rings is 1. The van der Waals surface area contributed by atoms with Gasteiger partial charge in [-0.3, -0.25) is 0 Å². The molecular weight excluding hydrogens is 216 g/mol. The molecule has 16 heavy (non-hydrogen) atoms. The molecule has 1 unspecified atom stereocenters. The molecule has 1 aromatic heterocycles. The van der Waals surface area contributed by atoms with Gasteiger partial charge in [-0.05, 0) is 38.5 Å². The average Bonchev–Trinajstić information content (AvgIpc) is 2.81. The van der Waals surface area contributed by atoms with Crippen LogP contribution in [0.2, 0.25) is 0 Å². The van der Waals surface area contributed by atoms with Crippen LogP contribution in [-0.2, 0) is 0 Å². The summed E-state index contributed by atoms with van der Waals surface area (Å²) in [6.07, 6.45) is 8.34. The van der Waals surface area contributed by atoms with Crippen LogP contribution in [0.4, 0.5) is 0 Å². The molecule has 0 aromatic carbocycles. The van der Waals surface area contributed by atoms with Crippen LogP contribution in [0.15, 0.2) is 5.38 Å². The van der Waals surface area contributed by atoms with Gasteiger partial charge in [0.1, 0.15) is 5.01 Å². The average molecular weight is 236 g/mol. The fourth-order valence-electron chi connectivity index (χ4n) is 2.70.